The number of nitrogens with zero attached hydrogens (tertiary/aromatic N) is 7. The highest BCUT2D eigenvalue weighted by Gasteiger charge is 2.21. The third-order valence-electron chi connectivity index (χ3n) is 5.36. The van der Waals surface area contributed by atoms with Crippen molar-refractivity contribution in [1.29, 1.82) is 0 Å². The average molecular weight is 464 g/mol. The molecule has 3 aromatic heterocycles. The number of nitrogens with one attached hydrogen (secondary N) is 2. The lowest BCUT2D eigenvalue weighted by atomic mass is 10.2. The van der Waals surface area contributed by atoms with Crippen LogP contribution in [0.25, 0.3) is 10.9 Å². The molecule has 1 fully saturated rings. The molecule has 0 unspecified atom stereocenters. The molecule has 3 N–H and O–H groups in total. The van der Waals surface area contributed by atoms with Crippen molar-refractivity contribution < 1.29 is 9.90 Å². The molecular formula is C21H21N9O2S. The van der Waals surface area contributed by atoms with Crippen LogP contribution in [0.5, 0.6) is 0 Å². The summed E-state index contributed by atoms with van der Waals surface area (Å²) in [6, 6.07) is 7.93. The van der Waals surface area contributed by atoms with Gasteiger partial charge in [-0.3, -0.25) is 5.10 Å². The molecular weight excluding hydrogens is 442 g/mol. The van der Waals surface area contributed by atoms with Gasteiger partial charge >= 0.3 is 5.97 Å². The van der Waals surface area contributed by atoms with Crippen molar-refractivity contribution in [3.8, 4) is 0 Å². The summed E-state index contributed by atoms with van der Waals surface area (Å²) in [6.07, 6.45) is 6.42. The second-order valence-corrected chi connectivity index (χ2v) is 8.22. The Morgan fingerprint density at radius 3 is 2.55 bits per heavy atom. The molecule has 0 spiro atoms. The van der Waals surface area contributed by atoms with Crippen molar-refractivity contribution in [1.82, 2.24) is 30.1 Å². The van der Waals surface area contributed by atoms with E-state index in [9.17, 15) is 4.79 Å². The third-order valence-corrected chi connectivity index (χ3v) is 5.91. The van der Waals surface area contributed by atoms with Crippen LogP contribution in [0.2, 0.25) is 0 Å². The van der Waals surface area contributed by atoms with Crippen molar-refractivity contribution >= 4 is 51.9 Å². The highest BCUT2D eigenvalue weighted by Crippen LogP contribution is 2.26. The summed E-state index contributed by atoms with van der Waals surface area (Å²) >= 11 is 1.49. The molecule has 11 nitrogen and oxygen atoms in total. The highest BCUT2D eigenvalue weighted by atomic mass is 32.2. The number of hydrogen-bond donors (Lipinski definition) is 3. The van der Waals surface area contributed by atoms with E-state index in [0.29, 0.717) is 24.2 Å². The van der Waals surface area contributed by atoms with Crippen molar-refractivity contribution in [3.05, 3.63) is 48.4 Å². The van der Waals surface area contributed by atoms with Gasteiger partial charge in [-0.05, 0) is 24.5 Å². The van der Waals surface area contributed by atoms with Crippen LogP contribution in [0, 0.1) is 0 Å². The van der Waals surface area contributed by atoms with Crippen LogP contribution in [0.15, 0.2) is 48.0 Å². The Balaban J connectivity index is 1.30. The molecule has 5 rings (SSSR count). The summed E-state index contributed by atoms with van der Waals surface area (Å²) in [5.74, 6) is 1.07. The molecule has 0 saturated carbocycles. The summed E-state index contributed by atoms with van der Waals surface area (Å²) in [5.41, 5.74) is 1.98. The quantitative estimate of drug-likeness (QED) is 0.287. The number of aromatic carboxylic acids is 1. The van der Waals surface area contributed by atoms with Crippen LogP contribution in [-0.2, 0) is 0 Å². The summed E-state index contributed by atoms with van der Waals surface area (Å²) in [4.78, 5) is 32.9. The van der Waals surface area contributed by atoms with Crippen molar-refractivity contribution in [2.75, 3.05) is 47.6 Å². The lowest BCUT2D eigenvalue weighted by molar-refractivity contribution is 0.0696. The largest absolute Gasteiger partial charge is 0.478 e. The highest BCUT2D eigenvalue weighted by molar-refractivity contribution is 7.98. The van der Waals surface area contributed by atoms with E-state index in [4.69, 9.17) is 10.1 Å². The van der Waals surface area contributed by atoms with Gasteiger partial charge in [0, 0.05) is 55.7 Å². The number of thioether (sulfide) groups is 1. The van der Waals surface area contributed by atoms with E-state index in [-0.39, 0.29) is 5.56 Å². The first-order valence-corrected chi connectivity index (χ1v) is 11.5. The van der Waals surface area contributed by atoms with Crippen LogP contribution in [-0.4, -0.2) is 73.6 Å². The smallest absolute Gasteiger partial charge is 0.338 e. The van der Waals surface area contributed by atoms with Gasteiger partial charge in [0.1, 0.15) is 11.6 Å². The molecule has 0 radical (unpaired) electrons. The maximum atomic E-state index is 11.0. The SMILES string of the molecule is CSc1nc(Nc2ccc3[nH]ncc3c2)cc(N2CCN(c3ncc(C(=O)O)cn3)CC2)n1. The minimum Gasteiger partial charge on any atom is -0.478 e. The Labute approximate surface area is 193 Å². The predicted octanol–water partition coefficient (Wildman–Crippen LogP) is 2.63. The molecule has 0 aliphatic carbocycles. The second-order valence-electron chi connectivity index (χ2n) is 7.45. The van der Waals surface area contributed by atoms with Crippen LogP contribution < -0.4 is 15.1 Å². The average Bonchev–Trinajstić information content (AvgIpc) is 3.32. The molecule has 1 saturated heterocycles. The number of carboxylic acids is 1. The number of rotatable bonds is 6. The number of aromatic nitrogens is 6. The maximum absolute atomic E-state index is 11.0. The molecule has 12 heteroatoms. The predicted molar refractivity (Wildman–Crippen MR) is 127 cm³/mol. The van der Waals surface area contributed by atoms with Crippen LogP contribution in [0.1, 0.15) is 10.4 Å². The molecule has 0 amide bonds. The van der Waals surface area contributed by atoms with Gasteiger partial charge in [-0.25, -0.2) is 24.7 Å². The summed E-state index contributed by atoms with van der Waals surface area (Å²) in [6.45, 7) is 2.86. The first-order chi connectivity index (χ1) is 16.1. The molecule has 0 atom stereocenters. The molecule has 1 aliphatic rings. The summed E-state index contributed by atoms with van der Waals surface area (Å²) < 4.78 is 0. The fourth-order valence-electron chi connectivity index (χ4n) is 3.63. The van der Waals surface area contributed by atoms with E-state index in [0.717, 1.165) is 41.3 Å². The van der Waals surface area contributed by atoms with Gasteiger partial charge in [0.05, 0.1) is 17.3 Å². The Kier molecular flexibility index (Phi) is 5.65. The number of piperazine rings is 1. The Bertz CT molecular complexity index is 1290. The molecule has 4 aromatic rings. The lowest BCUT2D eigenvalue weighted by Crippen LogP contribution is -2.47. The monoisotopic (exact) mass is 463 g/mol. The Morgan fingerprint density at radius 1 is 1.06 bits per heavy atom. The Morgan fingerprint density at radius 2 is 1.82 bits per heavy atom. The molecule has 33 heavy (non-hydrogen) atoms. The third kappa shape index (κ3) is 4.51. The first kappa shape index (κ1) is 20.9. The van der Waals surface area contributed by atoms with Crippen LogP contribution in [0.4, 0.5) is 23.3 Å². The molecule has 168 valence electrons. The van der Waals surface area contributed by atoms with Crippen LogP contribution in [0.3, 0.4) is 0 Å². The normalized spacial score (nSPS) is 14.0. The second kappa shape index (κ2) is 8.90. The first-order valence-electron chi connectivity index (χ1n) is 10.3. The molecule has 1 aliphatic heterocycles. The maximum Gasteiger partial charge on any atom is 0.338 e. The van der Waals surface area contributed by atoms with Crippen LogP contribution >= 0.6 is 11.8 Å². The molecule has 1 aromatic carbocycles. The standard InChI is InChI=1S/C21H21N9O2S/c1-33-21-26-17(25-15-2-3-16-13(8-15)12-24-28-16)9-18(27-21)29-4-6-30(7-5-29)20-22-10-14(11-23-20)19(31)32/h2-3,8-12H,4-7H2,1H3,(H,24,28)(H,31,32)(H,25,26,27). The van der Waals surface area contributed by atoms with Gasteiger partial charge < -0.3 is 20.2 Å². The van der Waals surface area contributed by atoms with Gasteiger partial charge in [0.25, 0.3) is 0 Å². The van der Waals surface area contributed by atoms with Gasteiger partial charge in [-0.2, -0.15) is 5.10 Å². The molecule has 4 heterocycles. The lowest BCUT2D eigenvalue weighted by Gasteiger charge is -2.35. The zero-order valence-electron chi connectivity index (χ0n) is 17.8. The van der Waals surface area contributed by atoms with E-state index < -0.39 is 5.97 Å². The zero-order chi connectivity index (χ0) is 22.8. The fraction of sp³-hybridized carbons (Fsp3) is 0.238. The number of fused-ring (bicyclic) bond motifs is 1. The number of anilines is 4. The topological polar surface area (TPSA) is 136 Å². The number of benzene rings is 1. The molecule has 0 bridgehead atoms. The van der Waals surface area contributed by atoms with E-state index in [1.807, 2.05) is 35.4 Å². The van der Waals surface area contributed by atoms with E-state index in [2.05, 4.69) is 35.4 Å². The zero-order valence-corrected chi connectivity index (χ0v) is 18.6. The number of carboxylic acid groups (broad SMARTS) is 1. The van der Waals surface area contributed by atoms with Gasteiger partial charge in [-0.1, -0.05) is 11.8 Å². The van der Waals surface area contributed by atoms with Crippen molar-refractivity contribution in [3.63, 3.8) is 0 Å². The number of aromatic amines is 1. The Hall–Kier alpha value is -3.93. The number of hydrogen-bond acceptors (Lipinski definition) is 10. The minimum absolute atomic E-state index is 0.0786. The van der Waals surface area contributed by atoms with Crippen molar-refractivity contribution in [2.45, 2.75) is 5.16 Å². The van der Waals surface area contributed by atoms with Gasteiger partial charge in [0.15, 0.2) is 5.16 Å². The van der Waals surface area contributed by atoms with E-state index >= 15 is 0 Å². The summed E-state index contributed by atoms with van der Waals surface area (Å²) in [7, 11) is 0. The fourth-order valence-corrected chi connectivity index (χ4v) is 4.00. The van der Waals surface area contributed by atoms with Gasteiger partial charge in [0.2, 0.25) is 5.95 Å². The van der Waals surface area contributed by atoms with E-state index in [1.165, 1.54) is 24.2 Å². The number of carbonyl (C=O) groups is 1. The number of H-pyrrole nitrogens is 1. The van der Waals surface area contributed by atoms with E-state index in [1.54, 1.807) is 6.20 Å². The van der Waals surface area contributed by atoms with Crippen molar-refractivity contribution in [2.24, 2.45) is 0 Å². The van der Waals surface area contributed by atoms with Gasteiger partial charge in [-0.15, -0.1) is 0 Å². The minimum atomic E-state index is -1.03. The summed E-state index contributed by atoms with van der Waals surface area (Å²) in [5, 5.41) is 21.1.